The molecule has 200 valence electrons. The van der Waals surface area contributed by atoms with Gasteiger partial charge in [-0.1, -0.05) is 23.5 Å². The molecule has 0 bridgehead atoms. The molecule has 2 aliphatic heterocycles. The van der Waals surface area contributed by atoms with Gasteiger partial charge in [0.15, 0.2) is 4.80 Å². The van der Waals surface area contributed by atoms with E-state index in [1.165, 1.54) is 11.3 Å². The number of anilines is 1. The van der Waals surface area contributed by atoms with Gasteiger partial charge in [0.25, 0.3) is 5.56 Å². The minimum atomic E-state index is -0.650. The summed E-state index contributed by atoms with van der Waals surface area (Å²) in [5, 5.41) is 0. The maximum Gasteiger partial charge on any atom is 0.338 e. The normalized spacial score (nSPS) is 18.1. The first-order valence-electron chi connectivity index (χ1n) is 12.3. The van der Waals surface area contributed by atoms with Crippen LogP contribution in [-0.2, 0) is 14.3 Å². The van der Waals surface area contributed by atoms with E-state index in [4.69, 9.17) is 13.9 Å². The van der Waals surface area contributed by atoms with E-state index in [0.29, 0.717) is 45.5 Å². The van der Waals surface area contributed by atoms with Gasteiger partial charge in [0.1, 0.15) is 5.76 Å². The summed E-state index contributed by atoms with van der Waals surface area (Å²) in [5.74, 6) is 0.799. The summed E-state index contributed by atoms with van der Waals surface area (Å²) in [6.45, 7) is 8.14. The van der Waals surface area contributed by atoms with Crippen molar-refractivity contribution < 1.29 is 18.7 Å². The van der Waals surface area contributed by atoms with Crippen molar-refractivity contribution in [1.82, 2.24) is 4.57 Å². The van der Waals surface area contributed by atoms with Crippen LogP contribution in [0.3, 0.4) is 0 Å². The summed E-state index contributed by atoms with van der Waals surface area (Å²) >= 11 is 6.49. The molecule has 0 saturated carbocycles. The molecule has 0 aliphatic carbocycles. The maximum atomic E-state index is 13.8. The molecule has 0 radical (unpaired) electrons. The molecule has 11 heteroatoms. The first kappa shape index (κ1) is 27.0. The average Bonchev–Trinajstić information content (AvgIpc) is 3.41. The largest absolute Gasteiger partial charge is 0.459 e. The van der Waals surface area contributed by atoms with Crippen LogP contribution in [0, 0.1) is 0 Å². The number of hydrogen-bond donors (Lipinski definition) is 0. The van der Waals surface area contributed by atoms with E-state index in [1.807, 2.05) is 36.6 Å². The van der Waals surface area contributed by atoms with Crippen LogP contribution in [-0.4, -0.2) is 49.2 Å². The van der Waals surface area contributed by atoms with Crippen molar-refractivity contribution in [2.45, 2.75) is 37.8 Å². The van der Waals surface area contributed by atoms with E-state index < -0.39 is 12.0 Å². The summed E-state index contributed by atoms with van der Waals surface area (Å²) in [4.78, 5) is 35.5. The number of allylic oxidation sites excluding steroid dienone is 1. The lowest BCUT2D eigenvalue weighted by molar-refractivity contribution is -0.143. The second kappa shape index (κ2) is 11.3. The molecule has 1 saturated heterocycles. The van der Waals surface area contributed by atoms with Gasteiger partial charge in [0.2, 0.25) is 5.88 Å². The highest BCUT2D eigenvalue weighted by atomic mass is 79.9. The number of carbonyl (C=O) groups excluding carboxylic acids is 1. The fourth-order valence-electron chi connectivity index (χ4n) is 4.52. The van der Waals surface area contributed by atoms with Crippen molar-refractivity contribution in [3.63, 3.8) is 0 Å². The van der Waals surface area contributed by atoms with Gasteiger partial charge in [-0.05, 0) is 60.7 Å². The topological polar surface area (TPSA) is 86.3 Å². The number of furan rings is 1. The van der Waals surface area contributed by atoms with Gasteiger partial charge < -0.3 is 18.8 Å². The minimum absolute atomic E-state index is 0.240. The molecule has 5 rings (SSSR count). The number of thioether (sulfide) groups is 1. The third-order valence-corrected chi connectivity index (χ3v) is 8.57. The molecule has 0 amide bonds. The van der Waals surface area contributed by atoms with Crippen LogP contribution in [0.4, 0.5) is 5.88 Å². The number of benzene rings is 1. The molecule has 0 unspecified atom stereocenters. The Morgan fingerprint density at radius 1 is 1.26 bits per heavy atom. The second-order valence-corrected chi connectivity index (χ2v) is 12.0. The Labute approximate surface area is 236 Å². The van der Waals surface area contributed by atoms with Gasteiger partial charge in [-0.2, -0.15) is 0 Å². The Morgan fingerprint density at radius 2 is 1.97 bits per heavy atom. The lowest BCUT2D eigenvalue weighted by Crippen LogP contribution is -2.40. The predicted molar refractivity (Wildman–Crippen MR) is 153 cm³/mol. The first-order chi connectivity index (χ1) is 18.3. The summed E-state index contributed by atoms with van der Waals surface area (Å²) in [6.07, 6.45) is 3.44. The minimum Gasteiger partial charge on any atom is -0.459 e. The van der Waals surface area contributed by atoms with E-state index in [-0.39, 0.29) is 11.7 Å². The monoisotopic (exact) mass is 617 g/mol. The average molecular weight is 619 g/mol. The van der Waals surface area contributed by atoms with Crippen LogP contribution in [0.15, 0.2) is 65.2 Å². The van der Waals surface area contributed by atoms with Crippen LogP contribution in [0.5, 0.6) is 0 Å². The SMILES string of the molecule is CSc1ccc([C@@H]2C(C(=O)OC(C)C)=C(C)N=c3s/c(=C/c4cc(Br)c(N5CCOCC5)o4)c(=O)n32)cc1. The molecule has 0 spiro atoms. The molecule has 0 N–H and O–H groups in total. The zero-order valence-corrected chi connectivity index (χ0v) is 24.7. The van der Waals surface area contributed by atoms with Crippen molar-refractivity contribution in [1.29, 1.82) is 0 Å². The van der Waals surface area contributed by atoms with Gasteiger partial charge in [0, 0.05) is 30.1 Å². The third kappa shape index (κ3) is 5.29. The van der Waals surface area contributed by atoms with Gasteiger partial charge >= 0.3 is 5.97 Å². The van der Waals surface area contributed by atoms with E-state index in [2.05, 4.69) is 25.8 Å². The molecule has 1 aromatic carbocycles. The van der Waals surface area contributed by atoms with Gasteiger partial charge in [-0.25, -0.2) is 9.79 Å². The number of nitrogens with zero attached hydrogens (tertiary/aromatic N) is 3. The van der Waals surface area contributed by atoms with Crippen LogP contribution in [0.25, 0.3) is 6.08 Å². The molecule has 2 aromatic heterocycles. The number of ether oxygens (including phenoxy) is 2. The number of halogens is 1. The van der Waals surface area contributed by atoms with Crippen molar-refractivity contribution in [2.75, 3.05) is 37.5 Å². The number of fused-ring (bicyclic) bond motifs is 1. The quantitative estimate of drug-likeness (QED) is 0.304. The van der Waals surface area contributed by atoms with Crippen LogP contribution >= 0.6 is 39.0 Å². The number of rotatable bonds is 6. The van der Waals surface area contributed by atoms with Crippen molar-refractivity contribution in [3.8, 4) is 0 Å². The van der Waals surface area contributed by atoms with E-state index >= 15 is 0 Å². The van der Waals surface area contributed by atoms with Crippen LogP contribution in [0.2, 0.25) is 0 Å². The van der Waals surface area contributed by atoms with E-state index in [0.717, 1.165) is 28.0 Å². The molecule has 1 fully saturated rings. The Bertz CT molecular complexity index is 1560. The number of morpholine rings is 1. The predicted octanol–water partition coefficient (Wildman–Crippen LogP) is 4.10. The number of carbonyl (C=O) groups is 1. The molecule has 38 heavy (non-hydrogen) atoms. The van der Waals surface area contributed by atoms with Crippen molar-refractivity contribution in [3.05, 3.63) is 77.1 Å². The molecule has 8 nitrogen and oxygen atoms in total. The molecule has 2 aliphatic rings. The van der Waals surface area contributed by atoms with Gasteiger partial charge in [-0.15, -0.1) is 11.8 Å². The van der Waals surface area contributed by atoms with Crippen molar-refractivity contribution in [2.24, 2.45) is 4.99 Å². The third-order valence-electron chi connectivity index (χ3n) is 6.28. The molecule has 4 heterocycles. The summed E-state index contributed by atoms with van der Waals surface area (Å²) in [5.41, 5.74) is 1.48. The lowest BCUT2D eigenvalue weighted by atomic mass is 9.96. The van der Waals surface area contributed by atoms with Crippen LogP contribution in [0.1, 0.15) is 38.1 Å². The number of hydrogen-bond acceptors (Lipinski definition) is 9. The molecule has 1 atom stereocenters. The Kier molecular flexibility index (Phi) is 7.99. The highest BCUT2D eigenvalue weighted by Crippen LogP contribution is 2.33. The number of thiazole rings is 1. The van der Waals surface area contributed by atoms with E-state index in [1.54, 1.807) is 43.2 Å². The highest BCUT2D eigenvalue weighted by molar-refractivity contribution is 9.10. The standard InChI is InChI=1S/C27H28BrN3O5S2/c1-15(2)35-26(33)22-16(3)29-27-31(23(22)17-5-7-19(37-4)8-6-17)24(32)21(38-27)14-18-13-20(28)25(36-18)30-9-11-34-12-10-30/h5-8,13-15,23H,9-12H2,1-4H3/b21-14+/t23-/m1/s1. The van der Waals surface area contributed by atoms with E-state index in [9.17, 15) is 9.59 Å². The molecular formula is C27H28BrN3O5S2. The second-order valence-electron chi connectivity index (χ2n) is 9.21. The Morgan fingerprint density at radius 3 is 2.63 bits per heavy atom. The van der Waals surface area contributed by atoms with Crippen molar-refractivity contribution >= 4 is 57.0 Å². The molecular weight excluding hydrogens is 590 g/mol. The van der Waals surface area contributed by atoms with Crippen LogP contribution < -0.4 is 19.8 Å². The Balaban J connectivity index is 1.62. The van der Waals surface area contributed by atoms with Gasteiger partial charge in [0.05, 0.1) is 45.6 Å². The number of aromatic nitrogens is 1. The summed E-state index contributed by atoms with van der Waals surface area (Å²) < 4.78 is 20.0. The summed E-state index contributed by atoms with van der Waals surface area (Å²) in [6, 6.07) is 9.09. The molecule has 3 aromatic rings. The lowest BCUT2D eigenvalue weighted by Gasteiger charge is -2.26. The fraction of sp³-hybridized carbons (Fsp3) is 0.370. The fourth-order valence-corrected chi connectivity index (χ4v) is 6.51. The number of esters is 1. The smallest absolute Gasteiger partial charge is 0.338 e. The van der Waals surface area contributed by atoms with Gasteiger partial charge in [-0.3, -0.25) is 9.36 Å². The Hall–Kier alpha value is -2.60. The highest BCUT2D eigenvalue weighted by Gasteiger charge is 2.34. The zero-order chi connectivity index (χ0) is 27.0. The summed E-state index contributed by atoms with van der Waals surface area (Å²) in [7, 11) is 0. The zero-order valence-electron chi connectivity index (χ0n) is 21.5. The maximum absolute atomic E-state index is 13.8. The first-order valence-corrected chi connectivity index (χ1v) is 15.1.